The molecule has 2 heterocycles. The number of hydrogen-bond acceptors (Lipinski definition) is 4. The number of nitrogens with zero attached hydrogens (tertiary/aromatic N) is 4. The second kappa shape index (κ2) is 9.91. The maximum atomic E-state index is 14.2. The minimum atomic E-state index is -4.62. The minimum absolute atomic E-state index is 0.00396. The van der Waals surface area contributed by atoms with Crippen LogP contribution in [-0.4, -0.2) is 21.3 Å². The van der Waals surface area contributed by atoms with Gasteiger partial charge in [-0.1, -0.05) is 18.2 Å². The summed E-state index contributed by atoms with van der Waals surface area (Å²) in [5, 5.41) is 9.25. The Balaban J connectivity index is 1.72. The first-order chi connectivity index (χ1) is 18.6. The van der Waals surface area contributed by atoms with E-state index in [9.17, 15) is 32.8 Å². The zero-order chi connectivity index (χ0) is 27.9. The summed E-state index contributed by atoms with van der Waals surface area (Å²) < 4.78 is 42.1. The lowest BCUT2D eigenvalue weighted by molar-refractivity contribution is -0.137. The van der Waals surface area contributed by atoms with Gasteiger partial charge < -0.3 is 9.47 Å². The van der Waals surface area contributed by atoms with Crippen LogP contribution in [0.15, 0.2) is 82.9 Å². The van der Waals surface area contributed by atoms with E-state index < -0.39 is 23.8 Å². The molecule has 7 nitrogen and oxygen atoms in total. The molecule has 3 aromatic rings. The van der Waals surface area contributed by atoms with Gasteiger partial charge in [-0.25, -0.2) is 4.79 Å². The van der Waals surface area contributed by atoms with Crippen LogP contribution in [0, 0.1) is 11.3 Å². The van der Waals surface area contributed by atoms with Gasteiger partial charge in [-0.15, -0.1) is 0 Å². The number of hydrogen-bond donors (Lipinski definition) is 0. The Labute approximate surface area is 222 Å². The van der Waals surface area contributed by atoms with E-state index in [1.165, 1.54) is 32.6 Å². The monoisotopic (exact) mass is 532 g/mol. The molecule has 0 radical (unpaired) electrons. The summed E-state index contributed by atoms with van der Waals surface area (Å²) in [6.45, 7) is -0.0703. The van der Waals surface area contributed by atoms with Crippen LogP contribution in [0.1, 0.15) is 47.6 Å². The Morgan fingerprint density at radius 2 is 1.74 bits per heavy atom. The van der Waals surface area contributed by atoms with Crippen LogP contribution >= 0.6 is 0 Å². The Bertz CT molecular complexity index is 1600. The predicted octanol–water partition coefficient (Wildman–Crippen LogP) is 5.47. The van der Waals surface area contributed by atoms with Crippen molar-refractivity contribution >= 4 is 17.5 Å². The first-order valence-corrected chi connectivity index (χ1v) is 12.3. The van der Waals surface area contributed by atoms with Gasteiger partial charge in [0.2, 0.25) is 0 Å². The summed E-state index contributed by atoms with van der Waals surface area (Å²) in [7, 11) is 1.59. The van der Waals surface area contributed by atoms with Crippen LogP contribution < -0.4 is 10.5 Å². The number of halogens is 3. The molecule has 198 valence electrons. The summed E-state index contributed by atoms with van der Waals surface area (Å²) in [5.41, 5.74) is 0.966. The second-order valence-electron chi connectivity index (χ2n) is 9.55. The molecule has 0 N–H and O–H groups in total. The third-order valence-electron chi connectivity index (χ3n) is 7.03. The van der Waals surface area contributed by atoms with Gasteiger partial charge in [-0.3, -0.25) is 14.5 Å². The number of anilines is 1. The standard InChI is InChI=1S/C29H23F3N4O3/c1-34-13-12-19(14-25(34)38)17-35-27(20-10-8-18(16-33)9-11-20)26-23(6-3-7-24(26)37)36(28(35)39)22-5-2-4-21(15-22)29(30,31)32/h2,4-5,8-15,27H,3,6-7,17H2,1H3. The number of rotatable bonds is 4. The zero-order valence-electron chi connectivity index (χ0n) is 20.9. The highest BCUT2D eigenvalue weighted by atomic mass is 19.4. The molecule has 0 saturated heterocycles. The van der Waals surface area contributed by atoms with E-state index in [0.717, 1.165) is 12.1 Å². The average Bonchev–Trinajstić information content (AvgIpc) is 2.91. The first kappa shape index (κ1) is 26.0. The molecule has 1 unspecified atom stereocenters. The van der Waals surface area contributed by atoms with Crippen LogP contribution in [0.25, 0.3) is 0 Å². The fourth-order valence-electron chi connectivity index (χ4n) is 5.12. The number of carbonyl (C=O) groups excluding carboxylic acids is 2. The van der Waals surface area contributed by atoms with Gasteiger partial charge in [0.15, 0.2) is 5.78 Å². The van der Waals surface area contributed by atoms with Gasteiger partial charge in [-0.05, 0) is 60.4 Å². The van der Waals surface area contributed by atoms with Gasteiger partial charge in [-0.2, -0.15) is 18.4 Å². The van der Waals surface area contributed by atoms with Crippen molar-refractivity contribution < 1.29 is 22.8 Å². The predicted molar refractivity (Wildman–Crippen MR) is 136 cm³/mol. The molecule has 0 spiro atoms. The van der Waals surface area contributed by atoms with Gasteiger partial charge in [0.05, 0.1) is 28.9 Å². The molecule has 2 aliphatic rings. The van der Waals surface area contributed by atoms with Crippen molar-refractivity contribution in [2.45, 2.75) is 38.0 Å². The summed E-state index contributed by atoms with van der Waals surface area (Å²) in [6, 6.07) is 14.6. The third kappa shape index (κ3) is 4.83. The van der Waals surface area contributed by atoms with Crippen LogP contribution in [0.2, 0.25) is 0 Å². The fraction of sp³-hybridized carbons (Fsp3) is 0.241. The van der Waals surface area contributed by atoms with Gasteiger partial charge in [0, 0.05) is 43.5 Å². The molecule has 10 heteroatoms. The van der Waals surface area contributed by atoms with E-state index >= 15 is 0 Å². The number of ketones is 1. The Morgan fingerprint density at radius 1 is 1.00 bits per heavy atom. The highest BCUT2D eigenvalue weighted by Gasteiger charge is 2.45. The molecule has 5 rings (SSSR count). The number of Topliss-reactive ketones (excluding diaryl/α,β-unsaturated/α-hetero) is 1. The normalized spacial score (nSPS) is 17.8. The zero-order valence-corrected chi connectivity index (χ0v) is 20.9. The quantitative estimate of drug-likeness (QED) is 0.446. The number of urea groups is 1. The topological polar surface area (TPSA) is 86.4 Å². The SMILES string of the molecule is Cn1ccc(CN2C(=O)N(c3cccc(C(F)(F)F)c3)C3=C(C(=O)CCC3)C2c2ccc(C#N)cc2)cc1=O. The molecule has 0 bridgehead atoms. The smallest absolute Gasteiger partial charge is 0.319 e. The number of benzene rings is 2. The molecule has 1 atom stereocenters. The van der Waals surface area contributed by atoms with E-state index in [4.69, 9.17) is 0 Å². The number of aromatic nitrogens is 1. The number of nitriles is 1. The largest absolute Gasteiger partial charge is 0.416 e. The van der Waals surface area contributed by atoms with E-state index in [1.54, 1.807) is 43.6 Å². The Kier molecular flexibility index (Phi) is 6.60. The summed E-state index contributed by atoms with van der Waals surface area (Å²) in [4.78, 5) is 42.6. The molecule has 0 saturated carbocycles. The first-order valence-electron chi connectivity index (χ1n) is 12.3. The van der Waals surface area contributed by atoms with Crippen LogP contribution in [0.4, 0.5) is 23.7 Å². The number of aryl methyl sites for hydroxylation is 1. The fourth-order valence-corrected chi connectivity index (χ4v) is 5.12. The van der Waals surface area contributed by atoms with Crippen molar-refractivity contribution in [2.75, 3.05) is 4.90 Å². The number of amides is 2. The molecule has 0 fully saturated rings. The lowest BCUT2D eigenvalue weighted by Gasteiger charge is -2.45. The number of alkyl halides is 3. The lowest BCUT2D eigenvalue weighted by atomic mass is 9.83. The number of carbonyl (C=O) groups is 2. The van der Waals surface area contributed by atoms with E-state index in [-0.39, 0.29) is 30.0 Å². The van der Waals surface area contributed by atoms with Gasteiger partial charge in [0.1, 0.15) is 0 Å². The molecule has 2 aromatic carbocycles. The average molecular weight is 533 g/mol. The van der Waals surface area contributed by atoms with Gasteiger partial charge >= 0.3 is 12.2 Å². The maximum Gasteiger partial charge on any atom is 0.416 e. The molecule has 2 amide bonds. The molecular formula is C29H23F3N4O3. The molecule has 1 aliphatic carbocycles. The van der Waals surface area contributed by atoms with Crippen molar-refractivity contribution in [1.82, 2.24) is 9.47 Å². The lowest BCUT2D eigenvalue weighted by Crippen LogP contribution is -2.51. The van der Waals surface area contributed by atoms with Crippen molar-refractivity contribution in [3.63, 3.8) is 0 Å². The number of allylic oxidation sites excluding steroid dienone is 1. The van der Waals surface area contributed by atoms with Crippen molar-refractivity contribution in [2.24, 2.45) is 7.05 Å². The van der Waals surface area contributed by atoms with Crippen LogP contribution in [-0.2, 0) is 24.6 Å². The van der Waals surface area contributed by atoms with E-state index in [0.29, 0.717) is 40.8 Å². The summed E-state index contributed by atoms with van der Waals surface area (Å²) >= 11 is 0. The minimum Gasteiger partial charge on any atom is -0.319 e. The molecular weight excluding hydrogens is 509 g/mol. The van der Waals surface area contributed by atoms with Crippen molar-refractivity contribution in [3.05, 3.63) is 111 Å². The van der Waals surface area contributed by atoms with E-state index in [2.05, 4.69) is 0 Å². The second-order valence-corrected chi connectivity index (χ2v) is 9.55. The highest BCUT2D eigenvalue weighted by Crippen LogP contribution is 2.45. The molecule has 1 aromatic heterocycles. The summed E-state index contributed by atoms with van der Waals surface area (Å²) in [6.07, 6.45) is -2.05. The van der Waals surface area contributed by atoms with Crippen molar-refractivity contribution in [3.8, 4) is 6.07 Å². The van der Waals surface area contributed by atoms with Crippen LogP contribution in [0.5, 0.6) is 0 Å². The summed E-state index contributed by atoms with van der Waals surface area (Å²) in [5.74, 6) is -0.205. The highest BCUT2D eigenvalue weighted by molar-refractivity contribution is 6.06. The Morgan fingerprint density at radius 3 is 2.41 bits per heavy atom. The Hall–Kier alpha value is -4.65. The third-order valence-corrected chi connectivity index (χ3v) is 7.03. The van der Waals surface area contributed by atoms with Crippen molar-refractivity contribution in [1.29, 1.82) is 5.26 Å². The molecule has 1 aliphatic heterocycles. The molecule has 39 heavy (non-hydrogen) atoms. The van der Waals surface area contributed by atoms with E-state index in [1.807, 2.05) is 6.07 Å². The number of pyridine rings is 1. The van der Waals surface area contributed by atoms with Crippen LogP contribution in [0.3, 0.4) is 0 Å². The van der Waals surface area contributed by atoms with Gasteiger partial charge in [0.25, 0.3) is 5.56 Å². The maximum absolute atomic E-state index is 14.2.